The smallest absolute Gasteiger partial charge is 0.125 e. The average Bonchev–Trinajstić information content (AvgIpc) is 2.48. The second-order valence-corrected chi connectivity index (χ2v) is 6.57. The van der Waals surface area contributed by atoms with Gasteiger partial charge in [0.1, 0.15) is 5.82 Å². The molecule has 3 heteroatoms. The summed E-state index contributed by atoms with van der Waals surface area (Å²) >= 11 is 0. The third kappa shape index (κ3) is 4.70. The van der Waals surface area contributed by atoms with E-state index in [1.807, 2.05) is 6.07 Å². The highest BCUT2D eigenvalue weighted by Gasteiger charge is 2.32. The Kier molecular flexibility index (Phi) is 6.04. The Morgan fingerprint density at radius 2 is 2.00 bits per heavy atom. The molecule has 0 aliphatic heterocycles. The van der Waals surface area contributed by atoms with Crippen LogP contribution in [-0.4, -0.2) is 26.7 Å². The van der Waals surface area contributed by atoms with E-state index in [1.54, 1.807) is 12.1 Å². The Morgan fingerprint density at radius 1 is 1.24 bits per heavy atom. The van der Waals surface area contributed by atoms with Crippen LogP contribution in [-0.2, 0) is 0 Å². The Morgan fingerprint density at radius 3 is 2.67 bits per heavy atom. The monoisotopic (exact) mass is 292 g/mol. The summed E-state index contributed by atoms with van der Waals surface area (Å²) in [6, 6.07) is 6.94. The van der Waals surface area contributed by atoms with Gasteiger partial charge in [-0.05, 0) is 44.0 Å². The first-order valence-electron chi connectivity index (χ1n) is 8.33. The summed E-state index contributed by atoms with van der Waals surface area (Å²) in [5.74, 6) is -0.152. The summed E-state index contributed by atoms with van der Waals surface area (Å²) in [6.07, 6.45) is 7.75. The molecule has 1 N–H and O–H groups in total. The molecule has 1 aromatic rings. The van der Waals surface area contributed by atoms with Crippen LogP contribution in [0.3, 0.4) is 0 Å². The molecule has 0 heterocycles. The maximum Gasteiger partial charge on any atom is 0.125 e. The predicted molar refractivity (Wildman–Crippen MR) is 88.3 cm³/mol. The highest BCUT2D eigenvalue weighted by atomic mass is 19.1. The number of nitrogens with zero attached hydrogens (tertiary/aromatic N) is 1. The summed E-state index contributed by atoms with van der Waals surface area (Å²) in [6.45, 7) is 5.39. The molecule has 0 aromatic heterocycles. The summed E-state index contributed by atoms with van der Waals surface area (Å²) in [5.41, 5.74) is 1.32. The van der Waals surface area contributed by atoms with Gasteiger partial charge in [-0.2, -0.15) is 0 Å². The zero-order valence-corrected chi connectivity index (χ0v) is 13.5. The van der Waals surface area contributed by atoms with E-state index in [1.165, 1.54) is 44.6 Å². The van der Waals surface area contributed by atoms with E-state index in [4.69, 9.17) is 0 Å². The lowest BCUT2D eigenvalue weighted by Crippen LogP contribution is -2.44. The van der Waals surface area contributed by atoms with Crippen molar-refractivity contribution in [1.29, 1.82) is 0 Å². The van der Waals surface area contributed by atoms with E-state index in [0.717, 1.165) is 25.3 Å². The van der Waals surface area contributed by atoms with Crippen LogP contribution in [0.25, 0.3) is 0 Å². The lowest BCUT2D eigenvalue weighted by Gasteiger charge is -2.41. The van der Waals surface area contributed by atoms with Crippen molar-refractivity contribution in [2.24, 2.45) is 5.41 Å². The van der Waals surface area contributed by atoms with Crippen LogP contribution in [0.4, 0.5) is 10.1 Å². The molecule has 0 radical (unpaired) electrons. The van der Waals surface area contributed by atoms with Gasteiger partial charge in [0.05, 0.1) is 0 Å². The van der Waals surface area contributed by atoms with Crippen molar-refractivity contribution in [3.8, 4) is 0 Å². The highest BCUT2D eigenvalue weighted by Crippen LogP contribution is 2.37. The van der Waals surface area contributed by atoms with Crippen molar-refractivity contribution in [1.82, 2.24) is 5.32 Å². The number of halogens is 1. The van der Waals surface area contributed by atoms with Crippen molar-refractivity contribution >= 4 is 5.69 Å². The summed E-state index contributed by atoms with van der Waals surface area (Å²) in [7, 11) is 2.09. The standard InChI is InChI=1S/C18H29FN2/c1-3-12-20-14-18(10-5-4-6-11-18)15-21(2)17-9-7-8-16(19)13-17/h7-9,13,20H,3-6,10-12,14-15H2,1-2H3. The summed E-state index contributed by atoms with van der Waals surface area (Å²) in [4.78, 5) is 2.22. The van der Waals surface area contributed by atoms with Crippen LogP contribution in [0.5, 0.6) is 0 Å². The van der Waals surface area contributed by atoms with E-state index < -0.39 is 0 Å². The lowest BCUT2D eigenvalue weighted by atomic mass is 9.73. The zero-order valence-electron chi connectivity index (χ0n) is 13.5. The molecule has 1 aromatic carbocycles. The van der Waals surface area contributed by atoms with Crippen LogP contribution in [0, 0.1) is 11.2 Å². The number of nitrogens with one attached hydrogen (secondary N) is 1. The molecule has 1 aliphatic rings. The number of hydrogen-bond donors (Lipinski definition) is 1. The first-order chi connectivity index (χ1) is 10.2. The van der Waals surface area contributed by atoms with Crippen molar-refractivity contribution in [2.45, 2.75) is 45.4 Å². The van der Waals surface area contributed by atoms with Gasteiger partial charge >= 0.3 is 0 Å². The zero-order chi connectivity index (χ0) is 15.1. The van der Waals surface area contributed by atoms with Crippen molar-refractivity contribution in [2.75, 3.05) is 31.6 Å². The average molecular weight is 292 g/mol. The normalized spacial score (nSPS) is 17.7. The molecule has 2 rings (SSSR count). The Labute approximate surface area is 128 Å². The maximum atomic E-state index is 13.4. The highest BCUT2D eigenvalue weighted by molar-refractivity contribution is 5.45. The van der Waals surface area contributed by atoms with Gasteiger partial charge in [-0.1, -0.05) is 32.3 Å². The molecular formula is C18H29FN2. The Bertz CT molecular complexity index is 427. The first-order valence-corrected chi connectivity index (χ1v) is 8.33. The van der Waals surface area contributed by atoms with Gasteiger partial charge in [0.2, 0.25) is 0 Å². The summed E-state index contributed by atoms with van der Waals surface area (Å²) < 4.78 is 13.4. The molecule has 21 heavy (non-hydrogen) atoms. The first kappa shape index (κ1) is 16.3. The molecule has 118 valence electrons. The van der Waals surface area contributed by atoms with Crippen LogP contribution in [0.1, 0.15) is 45.4 Å². The van der Waals surface area contributed by atoms with Crippen molar-refractivity contribution < 1.29 is 4.39 Å². The van der Waals surface area contributed by atoms with Gasteiger partial charge in [-0.15, -0.1) is 0 Å². The molecule has 0 spiro atoms. The molecule has 2 nitrogen and oxygen atoms in total. The second kappa shape index (κ2) is 7.79. The minimum Gasteiger partial charge on any atom is -0.374 e. The summed E-state index contributed by atoms with van der Waals surface area (Å²) in [5, 5.41) is 3.61. The van der Waals surface area contributed by atoms with E-state index in [9.17, 15) is 4.39 Å². The van der Waals surface area contributed by atoms with E-state index >= 15 is 0 Å². The van der Waals surface area contributed by atoms with E-state index in [2.05, 4.69) is 24.2 Å². The fourth-order valence-corrected chi connectivity index (χ4v) is 3.53. The molecule has 0 saturated heterocycles. The fourth-order valence-electron chi connectivity index (χ4n) is 3.53. The third-order valence-electron chi connectivity index (χ3n) is 4.66. The Hall–Kier alpha value is -1.09. The van der Waals surface area contributed by atoms with Gasteiger partial charge in [-0.25, -0.2) is 4.39 Å². The fraction of sp³-hybridized carbons (Fsp3) is 0.667. The largest absolute Gasteiger partial charge is 0.374 e. The quantitative estimate of drug-likeness (QED) is 0.757. The van der Waals surface area contributed by atoms with Gasteiger partial charge in [-0.3, -0.25) is 0 Å². The van der Waals surface area contributed by atoms with Crippen LogP contribution in [0.2, 0.25) is 0 Å². The number of anilines is 1. The lowest BCUT2D eigenvalue weighted by molar-refractivity contribution is 0.189. The number of rotatable bonds is 7. The maximum absolute atomic E-state index is 13.4. The van der Waals surface area contributed by atoms with Crippen molar-refractivity contribution in [3.63, 3.8) is 0 Å². The van der Waals surface area contributed by atoms with Gasteiger partial charge in [0.15, 0.2) is 0 Å². The van der Waals surface area contributed by atoms with E-state index in [0.29, 0.717) is 5.41 Å². The molecule has 1 aliphatic carbocycles. The molecule has 1 saturated carbocycles. The minimum absolute atomic E-state index is 0.152. The van der Waals surface area contributed by atoms with Crippen LogP contribution in [0.15, 0.2) is 24.3 Å². The number of hydrogen-bond acceptors (Lipinski definition) is 2. The number of benzene rings is 1. The van der Waals surface area contributed by atoms with Crippen LogP contribution < -0.4 is 10.2 Å². The van der Waals surface area contributed by atoms with Gasteiger partial charge in [0, 0.05) is 31.2 Å². The molecule has 0 bridgehead atoms. The second-order valence-electron chi connectivity index (χ2n) is 6.57. The Balaban J connectivity index is 2.03. The topological polar surface area (TPSA) is 15.3 Å². The molecule has 0 amide bonds. The molecule has 0 atom stereocenters. The third-order valence-corrected chi connectivity index (χ3v) is 4.66. The minimum atomic E-state index is -0.152. The molecule has 1 fully saturated rings. The SMILES string of the molecule is CCCNCC1(CN(C)c2cccc(F)c2)CCCCC1. The van der Waals surface area contributed by atoms with Crippen LogP contribution >= 0.6 is 0 Å². The molecular weight excluding hydrogens is 263 g/mol. The van der Waals surface area contributed by atoms with Gasteiger partial charge in [0.25, 0.3) is 0 Å². The molecule has 0 unspecified atom stereocenters. The van der Waals surface area contributed by atoms with Gasteiger partial charge < -0.3 is 10.2 Å². The predicted octanol–water partition coefficient (Wildman–Crippen LogP) is 4.21. The van der Waals surface area contributed by atoms with E-state index in [-0.39, 0.29) is 5.82 Å². The van der Waals surface area contributed by atoms with Crippen molar-refractivity contribution in [3.05, 3.63) is 30.1 Å².